The number of hydrogen-bond donors (Lipinski definition) is 1. The Morgan fingerprint density at radius 2 is 2.00 bits per heavy atom. The van der Waals surface area contributed by atoms with Crippen LogP contribution in [-0.2, 0) is 4.79 Å². The number of anilines is 1. The first kappa shape index (κ1) is 25.0. The summed E-state index contributed by atoms with van der Waals surface area (Å²) in [6.45, 7) is 4.48. The second-order valence-corrected chi connectivity index (χ2v) is 10.6. The Hall–Kier alpha value is -3.10. The van der Waals surface area contributed by atoms with Gasteiger partial charge in [-0.3, -0.25) is 9.59 Å². The molecule has 1 N–H and O–H groups in total. The van der Waals surface area contributed by atoms with Crippen molar-refractivity contribution in [1.82, 2.24) is 9.88 Å². The number of allylic oxidation sites excluding steroid dienone is 4. The number of rotatable bonds is 8. The van der Waals surface area contributed by atoms with Crippen LogP contribution in [0, 0.1) is 11.8 Å². The number of carbonyl (C=O) groups is 2. The minimum absolute atomic E-state index is 0.00906. The lowest BCUT2D eigenvalue weighted by molar-refractivity contribution is -0.120. The Morgan fingerprint density at radius 1 is 1.23 bits per heavy atom. The van der Waals surface area contributed by atoms with E-state index in [0.717, 1.165) is 15.3 Å². The van der Waals surface area contributed by atoms with Gasteiger partial charge in [-0.1, -0.05) is 31.2 Å². The fourth-order valence-corrected chi connectivity index (χ4v) is 6.06. The first-order valence-corrected chi connectivity index (χ1v) is 13.3. The second-order valence-electron chi connectivity index (χ2n) is 8.61. The summed E-state index contributed by atoms with van der Waals surface area (Å²) in [5, 5.41) is 5.26. The lowest BCUT2D eigenvalue weighted by atomic mass is 9.77. The van der Waals surface area contributed by atoms with Crippen LogP contribution >= 0.6 is 22.7 Å². The van der Waals surface area contributed by atoms with Gasteiger partial charge < -0.3 is 10.2 Å². The molecule has 182 valence electrons. The average Bonchev–Trinajstić information content (AvgIpc) is 3.56. The highest BCUT2D eigenvalue weighted by Crippen LogP contribution is 2.43. The molecule has 0 aliphatic heterocycles. The Balaban J connectivity index is 1.59. The number of thiazole rings is 1. The molecule has 3 atom stereocenters. The predicted molar refractivity (Wildman–Crippen MR) is 141 cm³/mol. The third-order valence-electron chi connectivity index (χ3n) is 6.33. The van der Waals surface area contributed by atoms with Crippen LogP contribution in [0.2, 0.25) is 0 Å². The molecule has 0 saturated carbocycles. The minimum atomic E-state index is -0.393. The van der Waals surface area contributed by atoms with Crippen molar-refractivity contribution in [1.29, 1.82) is 0 Å². The highest BCUT2D eigenvalue weighted by atomic mass is 32.1. The van der Waals surface area contributed by atoms with Gasteiger partial charge in [0.2, 0.25) is 5.91 Å². The largest absolute Gasteiger partial charge is 0.342 e. The molecule has 0 spiro atoms. The van der Waals surface area contributed by atoms with Crippen LogP contribution in [0.4, 0.5) is 9.52 Å². The zero-order chi connectivity index (χ0) is 24.9. The SMILES string of the molecule is CCN(C)C(=O)c1ccc(-c2ccc([C@@H](C3C=CC=C(F)C3)[C@@H](C)C(=O)Nc3nccs3)s2)cc1. The van der Waals surface area contributed by atoms with Gasteiger partial charge in [0, 0.05) is 58.7 Å². The normalized spacial score (nSPS) is 16.9. The summed E-state index contributed by atoms with van der Waals surface area (Å²) in [5.41, 5.74) is 1.65. The number of thiophene rings is 1. The topological polar surface area (TPSA) is 62.3 Å². The van der Waals surface area contributed by atoms with Crippen molar-refractivity contribution in [3.05, 3.63) is 82.5 Å². The lowest BCUT2D eigenvalue weighted by Gasteiger charge is -2.29. The highest BCUT2D eigenvalue weighted by molar-refractivity contribution is 7.15. The molecule has 2 heterocycles. The van der Waals surface area contributed by atoms with E-state index in [1.54, 1.807) is 35.6 Å². The van der Waals surface area contributed by atoms with Crippen molar-refractivity contribution in [2.75, 3.05) is 18.9 Å². The van der Waals surface area contributed by atoms with Gasteiger partial charge in [-0.25, -0.2) is 9.37 Å². The van der Waals surface area contributed by atoms with E-state index in [4.69, 9.17) is 0 Å². The zero-order valence-electron chi connectivity index (χ0n) is 19.9. The summed E-state index contributed by atoms with van der Waals surface area (Å²) in [6.07, 6.45) is 7.12. The molecule has 0 fully saturated rings. The standard InChI is InChI=1S/C27H28FN3O2S2/c1-4-31(3)26(33)19-10-8-18(9-11-19)22-12-13-23(35-22)24(20-6-5-7-21(28)16-20)17(2)25(32)30-27-29-14-15-34-27/h5-15,17,20,24H,4,16H2,1-3H3,(H,29,30,32)/t17-,20?,24-/m1/s1. The molecule has 4 rings (SSSR count). The van der Waals surface area contributed by atoms with E-state index < -0.39 is 5.92 Å². The van der Waals surface area contributed by atoms with E-state index in [2.05, 4.69) is 10.3 Å². The lowest BCUT2D eigenvalue weighted by Crippen LogP contribution is -2.29. The van der Waals surface area contributed by atoms with Crippen molar-refractivity contribution in [3.63, 3.8) is 0 Å². The van der Waals surface area contributed by atoms with Gasteiger partial charge in [0.05, 0.1) is 0 Å². The maximum absolute atomic E-state index is 14.2. The van der Waals surface area contributed by atoms with Gasteiger partial charge >= 0.3 is 0 Å². The summed E-state index contributed by atoms with van der Waals surface area (Å²) < 4.78 is 14.2. The summed E-state index contributed by atoms with van der Waals surface area (Å²) in [5.74, 6) is -1.03. The summed E-state index contributed by atoms with van der Waals surface area (Å²) in [7, 11) is 1.78. The maximum atomic E-state index is 14.2. The van der Waals surface area contributed by atoms with Crippen molar-refractivity contribution in [3.8, 4) is 10.4 Å². The molecule has 1 aliphatic rings. The molecule has 5 nitrogen and oxygen atoms in total. The van der Waals surface area contributed by atoms with Crippen LogP contribution in [-0.4, -0.2) is 35.3 Å². The quantitative estimate of drug-likeness (QED) is 0.365. The average molecular weight is 510 g/mol. The first-order chi connectivity index (χ1) is 16.9. The third kappa shape index (κ3) is 5.77. The Kier molecular flexibility index (Phi) is 7.93. The van der Waals surface area contributed by atoms with Crippen LogP contribution in [0.25, 0.3) is 10.4 Å². The number of hydrogen-bond acceptors (Lipinski definition) is 5. The van der Waals surface area contributed by atoms with Gasteiger partial charge in [-0.05, 0) is 48.7 Å². The van der Waals surface area contributed by atoms with Crippen molar-refractivity contribution < 1.29 is 14.0 Å². The number of carbonyl (C=O) groups excluding carboxylic acids is 2. The van der Waals surface area contributed by atoms with Crippen LogP contribution < -0.4 is 5.32 Å². The smallest absolute Gasteiger partial charge is 0.253 e. The van der Waals surface area contributed by atoms with Gasteiger partial charge in [0.1, 0.15) is 5.83 Å². The molecule has 1 aliphatic carbocycles. The number of aromatic nitrogens is 1. The Labute approximate surface area is 213 Å². The molecular weight excluding hydrogens is 481 g/mol. The van der Waals surface area contributed by atoms with E-state index in [-0.39, 0.29) is 35.9 Å². The molecule has 2 amide bonds. The molecular formula is C27H28FN3O2S2. The fourth-order valence-electron chi connectivity index (χ4n) is 4.23. The molecule has 0 saturated heterocycles. The second kappa shape index (κ2) is 11.1. The molecule has 2 aromatic heterocycles. The molecule has 1 unspecified atom stereocenters. The molecule has 3 aromatic rings. The molecule has 0 radical (unpaired) electrons. The van der Waals surface area contributed by atoms with E-state index in [1.165, 1.54) is 17.4 Å². The van der Waals surface area contributed by atoms with Gasteiger partial charge in [-0.15, -0.1) is 22.7 Å². The number of nitrogens with one attached hydrogen (secondary N) is 1. The van der Waals surface area contributed by atoms with Crippen LogP contribution in [0.3, 0.4) is 0 Å². The van der Waals surface area contributed by atoms with Crippen molar-refractivity contribution in [2.45, 2.75) is 26.2 Å². The van der Waals surface area contributed by atoms with Crippen LogP contribution in [0.15, 0.2) is 72.0 Å². The monoisotopic (exact) mass is 509 g/mol. The molecule has 35 heavy (non-hydrogen) atoms. The molecule has 1 aromatic carbocycles. The Bertz CT molecular complexity index is 1230. The van der Waals surface area contributed by atoms with Crippen molar-refractivity contribution >= 4 is 39.6 Å². The summed E-state index contributed by atoms with van der Waals surface area (Å²) in [6, 6.07) is 11.6. The minimum Gasteiger partial charge on any atom is -0.342 e. The van der Waals surface area contributed by atoms with Crippen LogP contribution in [0.1, 0.15) is 41.4 Å². The van der Waals surface area contributed by atoms with E-state index in [0.29, 0.717) is 17.2 Å². The van der Waals surface area contributed by atoms with E-state index >= 15 is 0 Å². The van der Waals surface area contributed by atoms with Crippen LogP contribution in [0.5, 0.6) is 0 Å². The third-order valence-corrected chi connectivity index (χ3v) is 8.26. The van der Waals surface area contributed by atoms with E-state index in [1.807, 2.05) is 61.7 Å². The number of nitrogens with zero attached hydrogens (tertiary/aromatic N) is 2. The van der Waals surface area contributed by atoms with E-state index in [9.17, 15) is 14.0 Å². The van der Waals surface area contributed by atoms with Crippen molar-refractivity contribution in [2.24, 2.45) is 11.8 Å². The first-order valence-electron chi connectivity index (χ1n) is 11.6. The zero-order valence-corrected chi connectivity index (χ0v) is 21.5. The van der Waals surface area contributed by atoms with Gasteiger partial charge in [0.25, 0.3) is 5.91 Å². The molecule has 8 heteroatoms. The summed E-state index contributed by atoms with van der Waals surface area (Å²) in [4.78, 5) is 33.4. The van der Waals surface area contributed by atoms with Gasteiger partial charge in [-0.2, -0.15) is 0 Å². The molecule has 0 bridgehead atoms. The summed E-state index contributed by atoms with van der Waals surface area (Å²) >= 11 is 2.97. The predicted octanol–water partition coefficient (Wildman–Crippen LogP) is 6.75. The fraction of sp³-hybridized carbons (Fsp3) is 0.296. The number of halogens is 1. The Morgan fingerprint density at radius 3 is 2.66 bits per heavy atom. The van der Waals surface area contributed by atoms with Gasteiger partial charge in [0.15, 0.2) is 5.13 Å². The maximum Gasteiger partial charge on any atom is 0.253 e. The number of benzene rings is 1. The number of amides is 2. The highest BCUT2D eigenvalue weighted by Gasteiger charge is 2.34.